The van der Waals surface area contributed by atoms with Crippen LogP contribution < -0.4 is 0 Å². The molecule has 0 aliphatic carbocycles. The molecule has 0 saturated carbocycles. The number of benzene rings is 1. The smallest absolute Gasteiger partial charge is 0.339 e. The topological polar surface area (TPSA) is 57.5 Å². The van der Waals surface area contributed by atoms with Crippen molar-refractivity contribution in [3.05, 3.63) is 36.4 Å². The van der Waals surface area contributed by atoms with Crippen LogP contribution in [0.15, 0.2) is 35.7 Å². The Morgan fingerprint density at radius 1 is 1.57 bits per heavy atom. The summed E-state index contributed by atoms with van der Waals surface area (Å²) in [7, 11) is 0. The molecule has 0 radical (unpaired) electrons. The second kappa shape index (κ2) is 4.72. The first-order valence-corrected chi connectivity index (χ1v) is 4.94. The van der Waals surface area contributed by atoms with Gasteiger partial charge in [0.2, 0.25) is 0 Å². The molecule has 0 spiro atoms. The van der Waals surface area contributed by atoms with E-state index in [-0.39, 0.29) is 11.3 Å². The Morgan fingerprint density at radius 2 is 2.29 bits per heavy atom. The Hall–Kier alpha value is -1.42. The number of thioether (sulfide) groups is 1. The maximum atomic E-state index is 10.7. The van der Waals surface area contributed by atoms with Gasteiger partial charge in [-0.25, -0.2) is 4.79 Å². The first kappa shape index (κ1) is 10.7. The summed E-state index contributed by atoms with van der Waals surface area (Å²) in [5.41, 5.74) is -0.0703. The van der Waals surface area contributed by atoms with Gasteiger partial charge in [0.15, 0.2) is 0 Å². The summed E-state index contributed by atoms with van der Waals surface area (Å²) in [6, 6.07) is 4.65. The first-order chi connectivity index (χ1) is 6.66. The van der Waals surface area contributed by atoms with Crippen molar-refractivity contribution >= 4 is 17.7 Å². The highest BCUT2D eigenvalue weighted by Gasteiger charge is 2.12. The van der Waals surface area contributed by atoms with E-state index in [1.54, 1.807) is 18.2 Å². The fourth-order valence-electron chi connectivity index (χ4n) is 0.960. The molecule has 0 amide bonds. The molecule has 0 bridgehead atoms. The largest absolute Gasteiger partial charge is 0.506 e. The van der Waals surface area contributed by atoms with Gasteiger partial charge in [0, 0.05) is 5.75 Å². The normalized spacial score (nSPS) is 9.71. The maximum Gasteiger partial charge on any atom is 0.339 e. The average molecular weight is 210 g/mol. The third kappa shape index (κ3) is 2.29. The highest BCUT2D eigenvalue weighted by molar-refractivity contribution is 7.99. The number of aromatic hydroxyl groups is 1. The standard InChI is InChI=1S/C10H10O3S/c1-2-6-14-8-5-3-4-7(9(8)11)10(12)13/h2-5,11H,1,6H2,(H,12,13). The quantitative estimate of drug-likeness (QED) is 0.591. The summed E-state index contributed by atoms with van der Waals surface area (Å²) in [6.07, 6.45) is 1.69. The predicted octanol–water partition coefficient (Wildman–Crippen LogP) is 2.37. The van der Waals surface area contributed by atoms with Gasteiger partial charge in [-0.2, -0.15) is 0 Å². The molecule has 4 heteroatoms. The van der Waals surface area contributed by atoms with Crippen LogP contribution in [0.5, 0.6) is 5.75 Å². The molecule has 0 fully saturated rings. The van der Waals surface area contributed by atoms with Gasteiger partial charge in [-0.05, 0) is 12.1 Å². The molecule has 3 nitrogen and oxygen atoms in total. The van der Waals surface area contributed by atoms with Gasteiger partial charge in [0.25, 0.3) is 0 Å². The zero-order valence-corrected chi connectivity index (χ0v) is 8.25. The van der Waals surface area contributed by atoms with Gasteiger partial charge < -0.3 is 10.2 Å². The van der Waals surface area contributed by atoms with Gasteiger partial charge in [-0.1, -0.05) is 12.1 Å². The molecule has 0 heterocycles. The molecule has 1 rings (SSSR count). The minimum absolute atomic E-state index is 0.0703. The fraction of sp³-hybridized carbons (Fsp3) is 0.100. The minimum Gasteiger partial charge on any atom is -0.506 e. The SMILES string of the molecule is C=CCSc1cccc(C(=O)O)c1O. The molecular formula is C10H10O3S. The van der Waals surface area contributed by atoms with E-state index >= 15 is 0 Å². The number of hydrogen-bond donors (Lipinski definition) is 2. The van der Waals surface area contributed by atoms with Crippen LogP contribution in [0, 0.1) is 0 Å². The third-order valence-corrected chi connectivity index (χ3v) is 2.63. The van der Waals surface area contributed by atoms with E-state index in [1.165, 1.54) is 17.8 Å². The second-order valence-corrected chi connectivity index (χ2v) is 3.62. The van der Waals surface area contributed by atoms with Gasteiger partial charge >= 0.3 is 5.97 Å². The lowest BCUT2D eigenvalue weighted by atomic mass is 10.2. The molecular weight excluding hydrogens is 200 g/mol. The molecule has 0 atom stereocenters. The van der Waals surface area contributed by atoms with Crippen molar-refractivity contribution in [2.24, 2.45) is 0 Å². The highest BCUT2D eigenvalue weighted by Crippen LogP contribution is 2.31. The van der Waals surface area contributed by atoms with Crippen LogP contribution in [0.25, 0.3) is 0 Å². The van der Waals surface area contributed by atoms with Crippen molar-refractivity contribution in [2.75, 3.05) is 5.75 Å². The van der Waals surface area contributed by atoms with Crippen LogP contribution in [-0.4, -0.2) is 21.9 Å². The third-order valence-electron chi connectivity index (χ3n) is 1.59. The van der Waals surface area contributed by atoms with Gasteiger partial charge in [0.1, 0.15) is 11.3 Å². The molecule has 0 unspecified atom stereocenters. The van der Waals surface area contributed by atoms with E-state index < -0.39 is 5.97 Å². The lowest BCUT2D eigenvalue weighted by Gasteiger charge is -2.04. The summed E-state index contributed by atoms with van der Waals surface area (Å²) < 4.78 is 0. The van der Waals surface area contributed by atoms with Crippen molar-refractivity contribution in [3.8, 4) is 5.75 Å². The van der Waals surface area contributed by atoms with Crippen molar-refractivity contribution in [2.45, 2.75) is 4.90 Å². The number of para-hydroxylation sites is 1. The number of rotatable bonds is 4. The van der Waals surface area contributed by atoms with Crippen LogP contribution in [0.1, 0.15) is 10.4 Å². The molecule has 2 N–H and O–H groups in total. The summed E-state index contributed by atoms with van der Waals surface area (Å²) in [6.45, 7) is 3.54. The molecule has 0 aliphatic rings. The number of hydrogen-bond acceptors (Lipinski definition) is 3. The number of carbonyl (C=O) groups is 1. The Kier molecular flexibility index (Phi) is 3.59. The van der Waals surface area contributed by atoms with Gasteiger partial charge in [-0.15, -0.1) is 18.3 Å². The lowest BCUT2D eigenvalue weighted by Crippen LogP contribution is -1.96. The van der Waals surface area contributed by atoms with E-state index in [0.717, 1.165) is 0 Å². The fourth-order valence-corrected chi connectivity index (χ4v) is 1.68. The molecule has 0 saturated heterocycles. The van der Waals surface area contributed by atoms with Gasteiger partial charge in [-0.3, -0.25) is 0 Å². The molecule has 1 aromatic rings. The maximum absolute atomic E-state index is 10.7. The minimum atomic E-state index is -1.12. The first-order valence-electron chi connectivity index (χ1n) is 3.95. The molecule has 74 valence electrons. The summed E-state index contributed by atoms with van der Waals surface area (Å²) in [5.74, 6) is -0.660. The summed E-state index contributed by atoms with van der Waals surface area (Å²) >= 11 is 1.35. The predicted molar refractivity (Wildman–Crippen MR) is 56.0 cm³/mol. The second-order valence-electron chi connectivity index (χ2n) is 2.56. The van der Waals surface area contributed by atoms with E-state index in [4.69, 9.17) is 5.11 Å². The van der Waals surface area contributed by atoms with Crippen molar-refractivity contribution in [3.63, 3.8) is 0 Å². The van der Waals surface area contributed by atoms with Crippen LogP contribution >= 0.6 is 11.8 Å². The van der Waals surface area contributed by atoms with Gasteiger partial charge in [0.05, 0.1) is 4.90 Å². The zero-order valence-electron chi connectivity index (χ0n) is 7.43. The van der Waals surface area contributed by atoms with E-state index in [1.807, 2.05) is 0 Å². The molecule has 0 aliphatic heterocycles. The van der Waals surface area contributed by atoms with Crippen molar-refractivity contribution in [1.82, 2.24) is 0 Å². The molecule has 0 aromatic heterocycles. The molecule has 1 aromatic carbocycles. The number of aromatic carboxylic acids is 1. The Morgan fingerprint density at radius 3 is 2.86 bits per heavy atom. The van der Waals surface area contributed by atoms with Crippen molar-refractivity contribution < 1.29 is 15.0 Å². The van der Waals surface area contributed by atoms with E-state index in [9.17, 15) is 9.90 Å². The van der Waals surface area contributed by atoms with E-state index in [0.29, 0.717) is 10.6 Å². The Balaban J connectivity index is 3.01. The zero-order chi connectivity index (χ0) is 10.6. The van der Waals surface area contributed by atoms with E-state index in [2.05, 4.69) is 6.58 Å². The summed E-state index contributed by atoms with van der Waals surface area (Å²) in [5, 5.41) is 18.3. The van der Waals surface area contributed by atoms with Crippen molar-refractivity contribution in [1.29, 1.82) is 0 Å². The highest BCUT2D eigenvalue weighted by atomic mass is 32.2. The Labute approximate surface area is 86.1 Å². The Bertz CT molecular complexity index is 360. The van der Waals surface area contributed by atoms with Crippen LogP contribution in [0.2, 0.25) is 0 Å². The molecule has 14 heavy (non-hydrogen) atoms. The number of carboxylic acid groups (broad SMARTS) is 1. The lowest BCUT2D eigenvalue weighted by molar-refractivity contribution is 0.0693. The number of phenols is 1. The van der Waals surface area contributed by atoms with Crippen LogP contribution in [-0.2, 0) is 0 Å². The van der Waals surface area contributed by atoms with Crippen LogP contribution in [0.4, 0.5) is 0 Å². The monoisotopic (exact) mass is 210 g/mol. The summed E-state index contributed by atoms with van der Waals surface area (Å²) in [4.78, 5) is 11.2. The number of carboxylic acids is 1. The average Bonchev–Trinajstić information content (AvgIpc) is 2.16. The van der Waals surface area contributed by atoms with Crippen LogP contribution in [0.3, 0.4) is 0 Å².